The molecule has 2 aliphatic heterocycles. The number of hydrogen-bond acceptors (Lipinski definition) is 7. The van der Waals surface area contributed by atoms with Crippen LogP contribution in [0.5, 0.6) is 0 Å². The Morgan fingerprint density at radius 3 is 2.88 bits per heavy atom. The van der Waals surface area contributed by atoms with Crippen molar-refractivity contribution in [3.05, 3.63) is 47.9 Å². The van der Waals surface area contributed by atoms with Crippen molar-refractivity contribution in [3.63, 3.8) is 0 Å². The third-order valence-electron chi connectivity index (χ3n) is 6.12. The van der Waals surface area contributed by atoms with Gasteiger partial charge in [0.05, 0.1) is 35.8 Å². The third-order valence-corrected chi connectivity index (χ3v) is 6.40. The predicted octanol–water partition coefficient (Wildman–Crippen LogP) is 3.27. The van der Waals surface area contributed by atoms with Crippen molar-refractivity contribution in [1.82, 2.24) is 25.1 Å². The number of carbonyl (C=O) groups excluding carboxylic acids is 1. The fourth-order valence-corrected chi connectivity index (χ4v) is 4.51. The number of carbonyl (C=O) groups is 1. The van der Waals surface area contributed by atoms with Crippen LogP contribution >= 0.6 is 11.6 Å². The quantitative estimate of drug-likeness (QED) is 0.594. The molecule has 2 saturated heterocycles. The number of piperidine rings is 1. The van der Waals surface area contributed by atoms with E-state index in [1.165, 1.54) is 0 Å². The van der Waals surface area contributed by atoms with E-state index in [2.05, 4.69) is 32.6 Å². The van der Waals surface area contributed by atoms with Crippen LogP contribution in [0.1, 0.15) is 19.4 Å². The minimum atomic E-state index is -0.0351. The van der Waals surface area contributed by atoms with Crippen LogP contribution in [0.25, 0.3) is 11.3 Å². The van der Waals surface area contributed by atoms with Crippen molar-refractivity contribution in [2.24, 2.45) is 5.92 Å². The Bertz CT molecular complexity index is 1130. The molecule has 2 atom stereocenters. The molecule has 4 heterocycles. The number of nitrogens with zero attached hydrogens (tertiary/aromatic N) is 5. The summed E-state index contributed by atoms with van der Waals surface area (Å²) in [5.41, 5.74) is 3.15. The first-order valence-electron chi connectivity index (χ1n) is 11.1. The van der Waals surface area contributed by atoms with E-state index in [1.807, 2.05) is 35.1 Å². The molecule has 10 heteroatoms. The van der Waals surface area contributed by atoms with Crippen LogP contribution in [0.3, 0.4) is 0 Å². The second-order valence-corrected chi connectivity index (χ2v) is 8.81. The second kappa shape index (κ2) is 9.46. The summed E-state index contributed by atoms with van der Waals surface area (Å²) in [6.45, 7) is 5.43. The van der Waals surface area contributed by atoms with Crippen LogP contribution in [-0.4, -0.2) is 58.5 Å². The number of halogens is 1. The van der Waals surface area contributed by atoms with E-state index >= 15 is 0 Å². The molecule has 0 aliphatic carbocycles. The fraction of sp³-hybridized carbons (Fsp3) is 0.391. The number of aromatic nitrogens is 4. The molecule has 3 aromatic rings. The zero-order chi connectivity index (χ0) is 22.8. The van der Waals surface area contributed by atoms with E-state index in [1.54, 1.807) is 17.3 Å². The summed E-state index contributed by atoms with van der Waals surface area (Å²) >= 11 is 6.43. The van der Waals surface area contributed by atoms with Crippen LogP contribution in [-0.2, 0) is 9.53 Å². The largest absolute Gasteiger partial charge is 0.370 e. The maximum atomic E-state index is 12.0. The highest BCUT2D eigenvalue weighted by molar-refractivity contribution is 6.32. The Balaban J connectivity index is 1.32. The van der Waals surface area contributed by atoms with Gasteiger partial charge in [-0.3, -0.25) is 9.48 Å². The Morgan fingerprint density at radius 1 is 1.24 bits per heavy atom. The van der Waals surface area contributed by atoms with Gasteiger partial charge in [-0.15, -0.1) is 0 Å². The Hall–Kier alpha value is -3.01. The van der Waals surface area contributed by atoms with E-state index < -0.39 is 0 Å². The lowest BCUT2D eigenvalue weighted by atomic mass is 9.95. The summed E-state index contributed by atoms with van der Waals surface area (Å²) in [6, 6.07) is 7.94. The van der Waals surface area contributed by atoms with Gasteiger partial charge in [0, 0.05) is 29.7 Å². The number of anilines is 3. The van der Waals surface area contributed by atoms with E-state index in [0.717, 1.165) is 36.4 Å². The van der Waals surface area contributed by atoms with Crippen LogP contribution in [0.4, 0.5) is 17.3 Å². The van der Waals surface area contributed by atoms with E-state index in [4.69, 9.17) is 16.3 Å². The smallest absolute Gasteiger partial charge is 0.253 e. The first kappa shape index (κ1) is 21.8. The molecule has 0 spiro atoms. The molecule has 0 saturated carbocycles. The highest BCUT2D eigenvalue weighted by atomic mass is 35.5. The summed E-state index contributed by atoms with van der Waals surface area (Å²) in [6.07, 6.45) is 6.45. The highest BCUT2D eigenvalue weighted by Crippen LogP contribution is 2.30. The van der Waals surface area contributed by atoms with Crippen molar-refractivity contribution < 1.29 is 9.53 Å². The molecular weight excluding hydrogens is 442 g/mol. The van der Waals surface area contributed by atoms with E-state index in [9.17, 15) is 4.79 Å². The molecule has 0 unspecified atom stereocenters. The summed E-state index contributed by atoms with van der Waals surface area (Å²) in [5.74, 6) is 0.903. The third kappa shape index (κ3) is 4.71. The average Bonchev–Trinajstić information content (AvgIpc) is 3.31. The van der Waals surface area contributed by atoms with Gasteiger partial charge in [-0.1, -0.05) is 18.5 Å². The molecule has 2 N–H and O–H groups in total. The van der Waals surface area contributed by atoms with Gasteiger partial charge in [-0.05, 0) is 49.7 Å². The van der Waals surface area contributed by atoms with Gasteiger partial charge in [0.25, 0.3) is 5.91 Å². The summed E-state index contributed by atoms with van der Waals surface area (Å²) in [4.78, 5) is 22.7. The minimum absolute atomic E-state index is 0.0351. The van der Waals surface area contributed by atoms with Gasteiger partial charge >= 0.3 is 0 Å². The van der Waals surface area contributed by atoms with Crippen molar-refractivity contribution in [3.8, 4) is 11.3 Å². The molecule has 2 fully saturated rings. The molecule has 1 amide bonds. The molecule has 0 bridgehead atoms. The molecular formula is C23H26ClN7O2. The monoisotopic (exact) mass is 467 g/mol. The average molecular weight is 468 g/mol. The Morgan fingerprint density at radius 2 is 2.09 bits per heavy atom. The van der Waals surface area contributed by atoms with Crippen molar-refractivity contribution in [1.29, 1.82) is 0 Å². The van der Waals surface area contributed by atoms with Gasteiger partial charge in [0.15, 0.2) is 0 Å². The first-order chi connectivity index (χ1) is 16.1. The maximum Gasteiger partial charge on any atom is 0.253 e. The molecule has 9 nitrogen and oxygen atoms in total. The molecule has 0 radical (unpaired) electrons. The van der Waals surface area contributed by atoms with Crippen molar-refractivity contribution in [2.75, 3.05) is 43.1 Å². The van der Waals surface area contributed by atoms with Crippen LogP contribution in [0.2, 0.25) is 5.02 Å². The number of hydrogen-bond donors (Lipinski definition) is 2. The van der Waals surface area contributed by atoms with E-state index in [-0.39, 0.29) is 12.5 Å². The second-order valence-electron chi connectivity index (χ2n) is 8.41. The number of benzene rings is 1. The number of morpholine rings is 1. The summed E-state index contributed by atoms with van der Waals surface area (Å²) in [7, 11) is 0. The Labute approximate surface area is 197 Å². The van der Waals surface area contributed by atoms with Crippen LogP contribution < -0.4 is 15.5 Å². The standard InChI is InChI=1S/C23H26ClN7O2/c1-15-10-25-7-6-20(15)31-13-16(11-27-31)22-19(24)12-26-23(29-22)28-17-2-4-18(5-3-17)30-8-9-33-14-21(30)32/h2-5,11-13,15,20,25H,6-10,14H2,1H3,(H,26,28,29)/t15-,20+/m0/s1. The maximum absolute atomic E-state index is 12.0. The van der Waals surface area contributed by atoms with Crippen molar-refractivity contribution >= 4 is 34.8 Å². The zero-order valence-electron chi connectivity index (χ0n) is 18.4. The lowest BCUT2D eigenvalue weighted by molar-refractivity contribution is -0.125. The number of nitrogens with one attached hydrogen (secondary N) is 2. The SMILES string of the molecule is C[C@H]1CNCC[C@H]1n1cc(-c2nc(Nc3ccc(N4CCOCC4=O)cc3)ncc2Cl)cn1. The first-order valence-corrected chi connectivity index (χ1v) is 11.5. The van der Waals surface area contributed by atoms with Gasteiger partial charge in [-0.2, -0.15) is 5.10 Å². The van der Waals surface area contributed by atoms with Gasteiger partial charge in [0.2, 0.25) is 5.95 Å². The molecule has 2 aliphatic rings. The van der Waals surface area contributed by atoms with Crippen molar-refractivity contribution in [2.45, 2.75) is 19.4 Å². The highest BCUT2D eigenvalue weighted by Gasteiger charge is 2.24. The minimum Gasteiger partial charge on any atom is -0.370 e. The fourth-order valence-electron chi connectivity index (χ4n) is 4.31. The van der Waals surface area contributed by atoms with Crippen LogP contribution in [0.15, 0.2) is 42.9 Å². The lowest BCUT2D eigenvalue weighted by Gasteiger charge is -2.29. The summed E-state index contributed by atoms with van der Waals surface area (Å²) in [5, 5.41) is 11.7. The topological polar surface area (TPSA) is 97.2 Å². The zero-order valence-corrected chi connectivity index (χ0v) is 19.1. The molecule has 2 aromatic heterocycles. The van der Waals surface area contributed by atoms with E-state index in [0.29, 0.717) is 41.8 Å². The molecule has 5 rings (SSSR count). The molecule has 33 heavy (non-hydrogen) atoms. The number of ether oxygens (including phenoxy) is 1. The molecule has 172 valence electrons. The van der Waals surface area contributed by atoms with Gasteiger partial charge in [0.1, 0.15) is 6.61 Å². The Kier molecular flexibility index (Phi) is 6.26. The molecule has 1 aromatic carbocycles. The lowest BCUT2D eigenvalue weighted by Crippen LogP contribution is -2.41. The number of rotatable bonds is 5. The van der Waals surface area contributed by atoms with Gasteiger partial charge in [-0.25, -0.2) is 9.97 Å². The van der Waals surface area contributed by atoms with Gasteiger partial charge < -0.3 is 20.3 Å². The normalized spacial score (nSPS) is 21.3. The number of amides is 1. The summed E-state index contributed by atoms with van der Waals surface area (Å²) < 4.78 is 7.22. The van der Waals surface area contributed by atoms with Crippen LogP contribution in [0, 0.1) is 5.92 Å². The predicted molar refractivity (Wildman–Crippen MR) is 127 cm³/mol.